The van der Waals surface area contributed by atoms with E-state index < -0.39 is 36.1 Å². The number of nitrogens with two attached hydrogens (primary N) is 1. The Bertz CT molecular complexity index is 3260. The number of nitrogens with one attached hydrogen (secondary N) is 6. The molecule has 6 atom stereocenters. The van der Waals surface area contributed by atoms with Crippen LogP contribution >= 0.6 is 23.2 Å². The van der Waals surface area contributed by atoms with E-state index in [1.807, 2.05) is 48.7 Å². The minimum atomic E-state index is -4.51. The van der Waals surface area contributed by atoms with Crippen LogP contribution in [0.3, 0.4) is 0 Å². The first kappa shape index (κ1) is 56.8. The fourth-order valence-corrected chi connectivity index (χ4v) is 10.8. The molecule has 0 saturated heterocycles. The van der Waals surface area contributed by atoms with E-state index in [-0.39, 0.29) is 35.3 Å². The number of rotatable bonds is 13. The molecule has 2 saturated carbocycles. The highest BCUT2D eigenvalue weighted by Gasteiger charge is 2.44. The molecule has 0 aliphatic heterocycles. The van der Waals surface area contributed by atoms with Gasteiger partial charge in [-0.05, 0) is 131 Å². The number of para-hydroxylation sites is 1. The van der Waals surface area contributed by atoms with Crippen molar-refractivity contribution in [2.24, 2.45) is 0 Å². The molecule has 3 aromatic heterocycles. The molecular weight excluding hydrogens is 1070 g/mol. The maximum absolute atomic E-state index is 14.2. The number of hydrogen-bond donors (Lipinski definition) is 7. The van der Waals surface area contributed by atoms with Gasteiger partial charge in [0.05, 0.1) is 33.8 Å². The van der Waals surface area contributed by atoms with E-state index in [2.05, 4.69) is 58.7 Å². The van der Waals surface area contributed by atoms with Crippen molar-refractivity contribution in [3.63, 3.8) is 0 Å². The molecule has 79 heavy (non-hydrogen) atoms. The van der Waals surface area contributed by atoms with Gasteiger partial charge in [0, 0.05) is 63.8 Å². The maximum atomic E-state index is 14.2. The summed E-state index contributed by atoms with van der Waals surface area (Å²) in [4.78, 5) is 33.3. The first-order valence-electron chi connectivity index (χ1n) is 26.2. The van der Waals surface area contributed by atoms with Gasteiger partial charge in [0.1, 0.15) is 17.7 Å². The van der Waals surface area contributed by atoms with Gasteiger partial charge < -0.3 is 26.1 Å². The SMILES string of the molecule is CC(C)(C)OC(=O)Nc1ccc([C@@H](N[C@H]2CCC[C@@H](Nc3ncc(Cl)c(C4=CCc5ccccc54)n3)C2)C(F)(F)F)cc1.Nc1ccc([C@@H](N[C@H]2CCC[C@@H](Nc3ncc(Cl)c(-c4c[nH]c5ccccc45)n3)C2)C(F)(F)F)cc1. The number of nitrogen functional groups attached to an aromatic ring is 1. The third-order valence-electron chi connectivity index (χ3n) is 14.1. The molecule has 3 aliphatic carbocycles. The molecule has 4 aromatic carbocycles. The van der Waals surface area contributed by atoms with E-state index >= 15 is 0 Å². The number of aromatic amines is 1. The number of fused-ring (bicyclic) bond motifs is 2. The normalized spacial score (nSPS) is 19.3. The molecule has 3 aliphatic rings. The van der Waals surface area contributed by atoms with E-state index in [9.17, 15) is 31.1 Å². The summed E-state index contributed by atoms with van der Waals surface area (Å²) in [7, 11) is 0. The number of aromatic nitrogens is 5. The predicted octanol–water partition coefficient (Wildman–Crippen LogP) is 14.6. The molecule has 0 spiro atoms. The number of allylic oxidation sites excluding steroid dienone is 1. The lowest BCUT2D eigenvalue weighted by molar-refractivity contribution is -0.161. The van der Waals surface area contributed by atoms with Gasteiger partial charge in [-0.1, -0.05) is 96.0 Å². The molecule has 1 amide bonds. The van der Waals surface area contributed by atoms with Crippen molar-refractivity contribution >= 4 is 69.0 Å². The van der Waals surface area contributed by atoms with Gasteiger partial charge in [-0.15, -0.1) is 0 Å². The summed E-state index contributed by atoms with van der Waals surface area (Å²) in [5.74, 6) is 0.798. The highest BCUT2D eigenvalue weighted by molar-refractivity contribution is 6.33. The lowest BCUT2D eigenvalue weighted by atomic mass is 9.90. The Balaban J connectivity index is 0.000000195. The van der Waals surface area contributed by atoms with Gasteiger partial charge in [0.25, 0.3) is 0 Å². The van der Waals surface area contributed by atoms with Gasteiger partial charge in [0.15, 0.2) is 0 Å². The van der Waals surface area contributed by atoms with E-state index in [1.54, 1.807) is 33.2 Å². The first-order valence-corrected chi connectivity index (χ1v) is 26.9. The van der Waals surface area contributed by atoms with Crippen LogP contribution in [0.4, 0.5) is 54.4 Å². The summed E-state index contributed by atoms with van der Waals surface area (Å²) in [6.45, 7) is 5.19. The lowest BCUT2D eigenvalue weighted by Crippen LogP contribution is -2.45. The molecule has 0 radical (unpaired) electrons. The summed E-state index contributed by atoms with van der Waals surface area (Å²) >= 11 is 12.9. The quantitative estimate of drug-likeness (QED) is 0.0431. The molecule has 2 fully saturated rings. The number of anilines is 4. The van der Waals surface area contributed by atoms with Crippen molar-refractivity contribution in [3.8, 4) is 11.3 Å². The van der Waals surface area contributed by atoms with E-state index in [0.717, 1.165) is 59.7 Å². The second-order valence-corrected chi connectivity index (χ2v) is 21.9. The Morgan fingerprint density at radius 1 is 0.671 bits per heavy atom. The number of carbonyl (C=O) groups excluding carboxylic acids is 1. The Hall–Kier alpha value is -6.93. The number of ether oxygens (including phenoxy) is 1. The van der Waals surface area contributed by atoms with Crippen LogP contribution in [0.5, 0.6) is 0 Å². The molecule has 416 valence electrons. The summed E-state index contributed by atoms with van der Waals surface area (Å²) in [5, 5.41) is 16.7. The Morgan fingerprint density at radius 2 is 1.19 bits per heavy atom. The zero-order valence-corrected chi connectivity index (χ0v) is 45.1. The van der Waals surface area contributed by atoms with Crippen LogP contribution in [0.2, 0.25) is 10.0 Å². The predicted molar refractivity (Wildman–Crippen MR) is 299 cm³/mol. The lowest BCUT2D eigenvalue weighted by Gasteiger charge is -2.34. The molecular formula is C58H61Cl2F6N11O2. The zero-order valence-electron chi connectivity index (χ0n) is 43.6. The highest BCUT2D eigenvalue weighted by atomic mass is 35.5. The molecule has 3 heterocycles. The number of H-pyrrole nitrogens is 1. The fraction of sp³-hybridized carbons (Fsp3) is 0.362. The Kier molecular flexibility index (Phi) is 17.4. The van der Waals surface area contributed by atoms with E-state index in [4.69, 9.17) is 38.7 Å². The highest BCUT2D eigenvalue weighted by Crippen LogP contribution is 2.39. The summed E-state index contributed by atoms with van der Waals surface area (Å²) in [6, 6.07) is 22.9. The third kappa shape index (κ3) is 14.7. The van der Waals surface area contributed by atoms with Crippen LogP contribution < -0.4 is 32.3 Å². The molecule has 10 rings (SSSR count). The van der Waals surface area contributed by atoms with Crippen molar-refractivity contribution in [3.05, 3.63) is 160 Å². The van der Waals surface area contributed by atoms with Crippen LogP contribution in [0.15, 0.2) is 122 Å². The molecule has 7 aromatic rings. The number of halogens is 8. The van der Waals surface area contributed by atoms with Crippen LogP contribution in [0.25, 0.3) is 27.7 Å². The smallest absolute Gasteiger partial charge is 0.412 e. The number of nitrogens with zero attached hydrogens (tertiary/aromatic N) is 4. The standard InChI is InChI=1S/C32H35ClF3N5O2.C26H26ClF3N6/c1-31(2,3)43-30(42)40-21-14-11-20(12-15-21)28(32(34,35)36)38-22-8-6-9-23(17-22)39-29-37-18-26(33)27(41-29)25-16-13-19-7-4-5-10-24(19)25;27-21-14-33-25(36-23(21)20-13-32-22-7-2-1-6-19(20)22)35-18-5-3-4-17(12-18)34-24(26(28,29)30)15-8-10-16(31)11-9-15/h4-5,7,10-12,14-16,18,22-23,28,38H,6,8-9,13,17H2,1-3H3,(H,40,42)(H,37,39,41);1-2,6-11,13-14,17-18,24,32,34H,3-5,12,31H2,(H,33,35,36)/t22-,23+,28+;17-,18+,24+/m00/s1. The number of amides is 1. The summed E-state index contributed by atoms with van der Waals surface area (Å²) in [6.07, 6.45) is 3.62. The van der Waals surface area contributed by atoms with Crippen molar-refractivity contribution in [2.45, 2.75) is 133 Å². The minimum absolute atomic E-state index is 0.0631. The maximum Gasteiger partial charge on any atom is 0.412 e. The molecule has 13 nitrogen and oxygen atoms in total. The number of alkyl halides is 6. The Labute approximate surface area is 464 Å². The second-order valence-electron chi connectivity index (χ2n) is 21.1. The zero-order chi connectivity index (χ0) is 56.1. The van der Waals surface area contributed by atoms with Crippen molar-refractivity contribution < 1.29 is 35.9 Å². The van der Waals surface area contributed by atoms with Crippen molar-refractivity contribution in [1.82, 2.24) is 35.6 Å². The number of hydrogen-bond acceptors (Lipinski definition) is 11. The van der Waals surface area contributed by atoms with Crippen molar-refractivity contribution in [2.75, 3.05) is 21.7 Å². The monoisotopic (exact) mass is 1130 g/mol. The van der Waals surface area contributed by atoms with E-state index in [0.29, 0.717) is 70.4 Å². The third-order valence-corrected chi connectivity index (χ3v) is 14.6. The van der Waals surface area contributed by atoms with Gasteiger partial charge >= 0.3 is 18.4 Å². The fourth-order valence-electron chi connectivity index (χ4n) is 10.4. The van der Waals surface area contributed by atoms with Gasteiger partial charge in [-0.25, -0.2) is 24.7 Å². The van der Waals surface area contributed by atoms with Crippen LogP contribution in [0, 0.1) is 0 Å². The van der Waals surface area contributed by atoms with Crippen LogP contribution in [-0.4, -0.2) is 73.1 Å². The topological polar surface area (TPSA) is 180 Å². The van der Waals surface area contributed by atoms with Crippen LogP contribution in [0.1, 0.15) is 112 Å². The summed E-state index contributed by atoms with van der Waals surface area (Å²) in [5.41, 5.74) is 12.3. The average Bonchev–Trinajstić information content (AvgIpc) is 4.05. The van der Waals surface area contributed by atoms with Crippen LogP contribution in [-0.2, 0) is 11.2 Å². The summed E-state index contributed by atoms with van der Waals surface area (Å²) < 4.78 is 89.6. The molecule has 21 heteroatoms. The molecule has 0 unspecified atom stereocenters. The van der Waals surface area contributed by atoms with E-state index in [1.165, 1.54) is 54.1 Å². The van der Waals surface area contributed by atoms with Gasteiger partial charge in [0.2, 0.25) is 11.9 Å². The Morgan fingerprint density at radius 3 is 1.77 bits per heavy atom. The van der Waals surface area contributed by atoms with Gasteiger partial charge in [-0.3, -0.25) is 16.0 Å². The molecule has 8 N–H and O–H groups in total. The van der Waals surface area contributed by atoms with Crippen molar-refractivity contribution in [1.29, 1.82) is 0 Å². The minimum Gasteiger partial charge on any atom is -0.444 e. The average molecular weight is 1130 g/mol. The number of benzene rings is 4. The number of carbonyl (C=O) groups is 1. The largest absolute Gasteiger partial charge is 0.444 e. The van der Waals surface area contributed by atoms with Gasteiger partial charge in [-0.2, -0.15) is 26.3 Å². The molecule has 0 bridgehead atoms. The first-order chi connectivity index (χ1) is 37.6. The second kappa shape index (κ2) is 24.2.